The lowest BCUT2D eigenvalue weighted by Gasteiger charge is -2.18. The van der Waals surface area contributed by atoms with Crippen molar-refractivity contribution in [3.8, 4) is 0 Å². The lowest BCUT2D eigenvalue weighted by Crippen LogP contribution is -2.30. The number of hydrogen-bond donors (Lipinski definition) is 1. The molecule has 2 aromatic rings. The molecule has 8 nitrogen and oxygen atoms in total. The minimum atomic E-state index is -1.05. The highest BCUT2D eigenvalue weighted by Gasteiger charge is 2.25. The number of carbonyl (C=O) groups is 2. The van der Waals surface area contributed by atoms with Crippen LogP contribution in [0.25, 0.3) is 0 Å². The fourth-order valence-corrected chi connectivity index (χ4v) is 3.07. The zero-order chi connectivity index (χ0) is 20.1. The highest BCUT2D eigenvalue weighted by Crippen LogP contribution is 2.32. The van der Waals surface area contributed by atoms with Crippen molar-refractivity contribution in [1.29, 1.82) is 0 Å². The second-order valence-electron chi connectivity index (χ2n) is 6.56. The first-order valence-corrected chi connectivity index (χ1v) is 9.06. The predicted octanol–water partition coefficient (Wildman–Crippen LogP) is 3.38. The summed E-state index contributed by atoms with van der Waals surface area (Å²) >= 11 is 0. The van der Waals surface area contributed by atoms with Crippen LogP contribution in [0.1, 0.15) is 30.1 Å². The molecule has 0 radical (unpaired) electrons. The average Bonchev–Trinajstić information content (AvgIpc) is 3.22. The van der Waals surface area contributed by atoms with Crippen molar-refractivity contribution >= 4 is 28.9 Å². The van der Waals surface area contributed by atoms with E-state index in [0.29, 0.717) is 11.4 Å². The third kappa shape index (κ3) is 4.46. The van der Waals surface area contributed by atoms with Gasteiger partial charge in [0.15, 0.2) is 6.10 Å². The van der Waals surface area contributed by atoms with Crippen LogP contribution < -0.4 is 10.2 Å². The summed E-state index contributed by atoms with van der Waals surface area (Å²) in [7, 11) is 0. The van der Waals surface area contributed by atoms with E-state index < -0.39 is 22.9 Å². The first-order valence-electron chi connectivity index (χ1n) is 9.06. The van der Waals surface area contributed by atoms with Crippen LogP contribution in [-0.4, -0.2) is 36.0 Å². The molecule has 0 aliphatic carbocycles. The molecule has 1 aliphatic heterocycles. The first-order chi connectivity index (χ1) is 13.5. The summed E-state index contributed by atoms with van der Waals surface area (Å²) in [4.78, 5) is 37.4. The lowest BCUT2D eigenvalue weighted by molar-refractivity contribution is -0.384. The molecule has 1 saturated heterocycles. The second-order valence-corrected chi connectivity index (χ2v) is 6.56. The molecule has 0 unspecified atom stereocenters. The van der Waals surface area contributed by atoms with Gasteiger partial charge in [-0.05, 0) is 44.0 Å². The fraction of sp³-hybridized carbons (Fsp3) is 0.300. The van der Waals surface area contributed by atoms with Gasteiger partial charge in [0.2, 0.25) is 0 Å². The number of nitro benzene ring substituents is 1. The SMILES string of the molecule is C[C@@H](OC(=O)c1ccc(N2CCCC2)c([N+](=O)[O-])c1)C(=O)Nc1ccccc1. The number of benzene rings is 2. The Balaban J connectivity index is 1.70. The summed E-state index contributed by atoms with van der Waals surface area (Å²) in [5.74, 6) is -1.27. The molecule has 3 rings (SSSR count). The predicted molar refractivity (Wildman–Crippen MR) is 104 cm³/mol. The van der Waals surface area contributed by atoms with Crippen molar-refractivity contribution < 1.29 is 19.2 Å². The molecule has 1 amide bonds. The first kappa shape index (κ1) is 19.3. The monoisotopic (exact) mass is 383 g/mol. The van der Waals surface area contributed by atoms with Crippen LogP contribution in [0.15, 0.2) is 48.5 Å². The van der Waals surface area contributed by atoms with Gasteiger partial charge in [0, 0.05) is 24.8 Å². The number of nitrogens with one attached hydrogen (secondary N) is 1. The van der Waals surface area contributed by atoms with Gasteiger partial charge >= 0.3 is 5.97 Å². The number of carbonyl (C=O) groups excluding carboxylic acids is 2. The third-order valence-electron chi connectivity index (χ3n) is 4.55. The zero-order valence-corrected chi connectivity index (χ0v) is 15.5. The van der Waals surface area contributed by atoms with Crippen LogP contribution in [0.4, 0.5) is 17.1 Å². The second kappa shape index (κ2) is 8.51. The molecular weight excluding hydrogens is 362 g/mol. The normalized spacial score (nSPS) is 14.4. The topological polar surface area (TPSA) is 102 Å². The highest BCUT2D eigenvalue weighted by atomic mass is 16.6. The van der Waals surface area contributed by atoms with Gasteiger partial charge in [0.1, 0.15) is 5.69 Å². The van der Waals surface area contributed by atoms with E-state index in [9.17, 15) is 19.7 Å². The molecule has 0 aromatic heterocycles. The number of hydrogen-bond acceptors (Lipinski definition) is 6. The van der Waals surface area contributed by atoms with Gasteiger partial charge in [0.25, 0.3) is 11.6 Å². The van der Waals surface area contributed by atoms with Gasteiger partial charge in [-0.3, -0.25) is 14.9 Å². The van der Waals surface area contributed by atoms with Gasteiger partial charge < -0.3 is 15.0 Å². The van der Waals surface area contributed by atoms with Crippen LogP contribution in [0.3, 0.4) is 0 Å². The molecule has 1 heterocycles. The van der Waals surface area contributed by atoms with E-state index in [0.717, 1.165) is 25.9 Å². The number of amides is 1. The minimum Gasteiger partial charge on any atom is -0.449 e. The number of nitro groups is 1. The molecule has 1 aliphatic rings. The Morgan fingerprint density at radius 3 is 2.46 bits per heavy atom. The molecule has 2 aromatic carbocycles. The number of rotatable bonds is 6. The largest absolute Gasteiger partial charge is 0.449 e. The van der Waals surface area contributed by atoms with Gasteiger partial charge in [-0.1, -0.05) is 18.2 Å². The zero-order valence-electron chi connectivity index (χ0n) is 15.5. The summed E-state index contributed by atoms with van der Waals surface area (Å²) in [6.07, 6.45) is 0.911. The summed E-state index contributed by atoms with van der Waals surface area (Å²) in [6, 6.07) is 13.1. The Kier molecular flexibility index (Phi) is 5.88. The Morgan fingerprint density at radius 1 is 1.14 bits per heavy atom. The summed E-state index contributed by atoms with van der Waals surface area (Å²) in [5, 5.41) is 14.1. The third-order valence-corrected chi connectivity index (χ3v) is 4.55. The smallest absolute Gasteiger partial charge is 0.339 e. The van der Waals surface area contributed by atoms with E-state index in [1.165, 1.54) is 19.1 Å². The van der Waals surface area contributed by atoms with Gasteiger partial charge in [-0.2, -0.15) is 0 Å². The van der Waals surface area contributed by atoms with E-state index >= 15 is 0 Å². The van der Waals surface area contributed by atoms with Crippen molar-refractivity contribution in [2.75, 3.05) is 23.3 Å². The molecule has 28 heavy (non-hydrogen) atoms. The molecule has 1 atom stereocenters. The standard InChI is InChI=1S/C20H21N3O5/c1-14(19(24)21-16-7-3-2-4-8-16)28-20(25)15-9-10-17(18(13-15)23(26)27)22-11-5-6-12-22/h2-4,7-10,13-14H,5-6,11-12H2,1H3,(H,21,24)/t14-/m1/s1. The number of para-hydroxylation sites is 1. The van der Waals surface area contributed by atoms with Crippen molar-refractivity contribution in [2.45, 2.75) is 25.9 Å². The maximum atomic E-state index is 12.4. The Bertz CT molecular complexity index is 879. The quantitative estimate of drug-likeness (QED) is 0.466. The molecule has 1 fully saturated rings. The van der Waals surface area contributed by atoms with Crippen LogP contribution in [-0.2, 0) is 9.53 Å². The number of nitrogens with zero attached hydrogens (tertiary/aromatic N) is 2. The number of esters is 1. The Hall–Kier alpha value is -3.42. The van der Waals surface area contributed by atoms with Gasteiger partial charge in [-0.15, -0.1) is 0 Å². The van der Waals surface area contributed by atoms with Crippen LogP contribution in [0.2, 0.25) is 0 Å². The number of anilines is 2. The summed E-state index contributed by atoms with van der Waals surface area (Å²) in [6.45, 7) is 2.95. The average molecular weight is 383 g/mol. The van der Waals surface area contributed by atoms with E-state index in [1.54, 1.807) is 30.3 Å². The van der Waals surface area contributed by atoms with E-state index in [-0.39, 0.29) is 11.3 Å². The molecule has 146 valence electrons. The van der Waals surface area contributed by atoms with E-state index in [2.05, 4.69) is 5.32 Å². The lowest BCUT2D eigenvalue weighted by atomic mass is 10.1. The molecule has 8 heteroatoms. The molecule has 0 saturated carbocycles. The maximum absolute atomic E-state index is 12.4. The molecule has 1 N–H and O–H groups in total. The molecular formula is C20H21N3O5. The van der Waals surface area contributed by atoms with Crippen molar-refractivity contribution in [2.24, 2.45) is 0 Å². The maximum Gasteiger partial charge on any atom is 0.339 e. The van der Waals surface area contributed by atoms with Crippen molar-refractivity contribution in [1.82, 2.24) is 0 Å². The van der Waals surface area contributed by atoms with Crippen LogP contribution in [0.5, 0.6) is 0 Å². The minimum absolute atomic E-state index is 0.0361. The number of ether oxygens (including phenoxy) is 1. The van der Waals surface area contributed by atoms with Crippen LogP contribution >= 0.6 is 0 Å². The molecule has 0 spiro atoms. The summed E-state index contributed by atoms with van der Waals surface area (Å²) in [5.41, 5.74) is 0.974. The Labute approximate surface area is 162 Å². The summed E-state index contributed by atoms with van der Waals surface area (Å²) < 4.78 is 5.18. The van der Waals surface area contributed by atoms with Gasteiger partial charge in [-0.25, -0.2) is 4.79 Å². The Morgan fingerprint density at radius 2 is 1.82 bits per heavy atom. The van der Waals surface area contributed by atoms with Crippen LogP contribution in [0, 0.1) is 10.1 Å². The molecule has 0 bridgehead atoms. The van der Waals surface area contributed by atoms with Crippen molar-refractivity contribution in [3.05, 3.63) is 64.2 Å². The van der Waals surface area contributed by atoms with E-state index in [1.807, 2.05) is 11.0 Å². The van der Waals surface area contributed by atoms with Gasteiger partial charge in [0.05, 0.1) is 10.5 Å². The fourth-order valence-electron chi connectivity index (χ4n) is 3.07. The van der Waals surface area contributed by atoms with Crippen molar-refractivity contribution in [3.63, 3.8) is 0 Å². The highest BCUT2D eigenvalue weighted by molar-refractivity contribution is 5.97. The van der Waals surface area contributed by atoms with E-state index in [4.69, 9.17) is 4.74 Å².